The molecule has 214 valence electrons. The van der Waals surface area contributed by atoms with Gasteiger partial charge in [-0.1, -0.05) is 106 Å². The number of carbonyl (C=O) groups excluding carboxylic acids is 3. The molecule has 0 radical (unpaired) electrons. The number of esters is 1. The van der Waals surface area contributed by atoms with Crippen molar-refractivity contribution in [1.82, 2.24) is 5.32 Å². The molecule has 3 rings (SSSR count). The molecule has 1 N–H and O–H groups in total. The maximum atomic E-state index is 12.8. The zero-order chi connectivity index (χ0) is 29.6. The second-order valence-corrected chi connectivity index (χ2v) is 16.3. The minimum Gasteiger partial charge on any atom is -0.444 e. The van der Waals surface area contributed by atoms with Crippen molar-refractivity contribution in [3.8, 4) is 0 Å². The molecule has 1 aliphatic rings. The summed E-state index contributed by atoms with van der Waals surface area (Å²) >= 11 is 0. The number of hydrogen-bond acceptors (Lipinski definition) is 6. The smallest absolute Gasteiger partial charge is 0.410 e. The van der Waals surface area contributed by atoms with E-state index in [-0.39, 0.29) is 24.0 Å². The van der Waals surface area contributed by atoms with E-state index >= 15 is 0 Å². The van der Waals surface area contributed by atoms with Crippen molar-refractivity contribution in [2.45, 2.75) is 71.6 Å². The number of rotatable bonds is 9. The Morgan fingerprint density at radius 3 is 1.77 bits per heavy atom. The van der Waals surface area contributed by atoms with E-state index in [1.54, 1.807) is 32.9 Å². The molecule has 0 aromatic heterocycles. The quantitative estimate of drug-likeness (QED) is 0.199. The van der Waals surface area contributed by atoms with Crippen molar-refractivity contribution in [3.63, 3.8) is 0 Å². The van der Waals surface area contributed by atoms with Gasteiger partial charge in [0.05, 0.1) is 17.9 Å². The molecule has 1 aliphatic carbocycles. The summed E-state index contributed by atoms with van der Waals surface area (Å²) in [6.45, 7) is 12.9. The highest BCUT2D eigenvalue weighted by Crippen LogP contribution is 2.39. The predicted molar refractivity (Wildman–Crippen MR) is 159 cm³/mol. The molecule has 0 atom stereocenters. The van der Waals surface area contributed by atoms with E-state index in [4.69, 9.17) is 13.9 Å². The van der Waals surface area contributed by atoms with Crippen LogP contribution in [-0.2, 0) is 23.5 Å². The Morgan fingerprint density at radius 2 is 1.35 bits per heavy atom. The van der Waals surface area contributed by atoms with Crippen molar-refractivity contribution in [1.29, 1.82) is 0 Å². The van der Waals surface area contributed by atoms with Gasteiger partial charge >= 0.3 is 12.1 Å². The summed E-state index contributed by atoms with van der Waals surface area (Å²) in [5.41, 5.74) is -1.83. The van der Waals surface area contributed by atoms with Crippen molar-refractivity contribution < 1.29 is 28.3 Å². The van der Waals surface area contributed by atoms with Crippen LogP contribution in [0, 0.1) is 5.41 Å². The van der Waals surface area contributed by atoms with E-state index in [2.05, 4.69) is 50.4 Å². The van der Waals surface area contributed by atoms with Crippen LogP contribution in [-0.4, -0.2) is 44.6 Å². The second kappa shape index (κ2) is 12.4. The van der Waals surface area contributed by atoms with E-state index in [0.29, 0.717) is 0 Å². The highest BCUT2D eigenvalue weighted by atomic mass is 28.4. The molecule has 0 saturated carbocycles. The number of Topliss-reactive ketones (excluding diaryl/α,β-unsaturated/α-hetero) is 1. The van der Waals surface area contributed by atoms with Gasteiger partial charge in [-0.3, -0.25) is 14.9 Å². The van der Waals surface area contributed by atoms with Gasteiger partial charge in [-0.25, -0.2) is 4.79 Å². The first kappa shape index (κ1) is 31.0. The van der Waals surface area contributed by atoms with Crippen LogP contribution in [0.1, 0.15) is 54.9 Å². The number of amides is 1. The van der Waals surface area contributed by atoms with Crippen molar-refractivity contribution >= 4 is 36.5 Å². The first-order valence-electron chi connectivity index (χ1n) is 13.5. The lowest BCUT2D eigenvalue weighted by molar-refractivity contribution is -0.147. The van der Waals surface area contributed by atoms with Crippen LogP contribution in [0.3, 0.4) is 0 Å². The molecule has 0 spiro atoms. The van der Waals surface area contributed by atoms with Gasteiger partial charge < -0.3 is 13.9 Å². The average Bonchev–Trinajstić information content (AvgIpc) is 2.87. The Hall–Kier alpha value is -3.49. The van der Waals surface area contributed by atoms with Crippen molar-refractivity contribution in [3.05, 3.63) is 85.0 Å². The standard InChI is InChI=1S/C32H41NO6Si/c1-24(34)32(22-28(35)37-23-33-29(36)38-30(2,3)4)20-18-25(19-21-32)39-40(31(5,6)7,26-14-10-8-11-15-26)27-16-12-9-13-17-27/h8-21,25H,22-23H2,1-7H3,(H,33,36). The molecule has 2 aromatic carbocycles. The Bertz CT molecular complexity index is 1190. The van der Waals surface area contributed by atoms with Crippen LogP contribution in [0.15, 0.2) is 85.0 Å². The lowest BCUT2D eigenvalue weighted by Gasteiger charge is -2.45. The minimum absolute atomic E-state index is 0.194. The number of allylic oxidation sites excluding steroid dienone is 2. The first-order valence-corrected chi connectivity index (χ1v) is 15.4. The zero-order valence-corrected chi connectivity index (χ0v) is 25.5. The molecule has 1 amide bonds. The van der Waals surface area contributed by atoms with Crippen molar-refractivity contribution in [2.24, 2.45) is 5.41 Å². The molecule has 0 aliphatic heterocycles. The van der Waals surface area contributed by atoms with Crippen LogP contribution in [0.25, 0.3) is 0 Å². The van der Waals surface area contributed by atoms with E-state index in [1.165, 1.54) is 6.92 Å². The molecule has 0 fully saturated rings. The SMILES string of the molecule is CC(=O)C1(CC(=O)OCNC(=O)OC(C)(C)C)C=CC(O[Si](c2ccccc2)(c2ccccc2)C(C)(C)C)C=C1. The minimum atomic E-state index is -2.82. The van der Waals surface area contributed by atoms with Gasteiger partial charge in [0.25, 0.3) is 8.32 Å². The maximum Gasteiger partial charge on any atom is 0.410 e. The van der Waals surface area contributed by atoms with Crippen LogP contribution in [0.5, 0.6) is 0 Å². The second-order valence-electron chi connectivity index (χ2n) is 12.1. The Balaban J connectivity index is 1.80. The molecule has 0 saturated heterocycles. The summed E-state index contributed by atoms with van der Waals surface area (Å²) in [5.74, 6) is -0.812. The number of ether oxygens (including phenoxy) is 2. The number of ketones is 1. The Kier molecular flexibility index (Phi) is 9.58. The number of alkyl carbamates (subject to hydrolysis) is 1. The fourth-order valence-electron chi connectivity index (χ4n) is 4.88. The van der Waals surface area contributed by atoms with Crippen LogP contribution >= 0.6 is 0 Å². The van der Waals surface area contributed by atoms with Crippen LogP contribution in [0.2, 0.25) is 5.04 Å². The molecular weight excluding hydrogens is 522 g/mol. The molecule has 8 heteroatoms. The molecule has 0 bridgehead atoms. The molecule has 2 aromatic rings. The number of hydrogen-bond donors (Lipinski definition) is 1. The number of nitrogens with one attached hydrogen (secondary N) is 1. The summed E-state index contributed by atoms with van der Waals surface area (Å²) in [5, 5.41) is 4.48. The Labute approximate surface area is 238 Å². The summed E-state index contributed by atoms with van der Waals surface area (Å²) in [7, 11) is -2.82. The molecule has 40 heavy (non-hydrogen) atoms. The third kappa shape index (κ3) is 7.37. The van der Waals surface area contributed by atoms with E-state index < -0.39 is 37.5 Å². The third-order valence-electron chi connectivity index (χ3n) is 6.84. The lowest BCUT2D eigenvalue weighted by Crippen LogP contribution is -2.67. The van der Waals surface area contributed by atoms with E-state index in [1.807, 2.05) is 48.6 Å². The van der Waals surface area contributed by atoms with Gasteiger partial charge in [-0.2, -0.15) is 0 Å². The highest BCUT2D eigenvalue weighted by molar-refractivity contribution is 6.99. The zero-order valence-electron chi connectivity index (χ0n) is 24.5. The molecular formula is C32H41NO6Si. The summed E-state index contributed by atoms with van der Waals surface area (Å²) < 4.78 is 17.4. The van der Waals surface area contributed by atoms with Gasteiger partial charge in [0.1, 0.15) is 11.4 Å². The summed E-state index contributed by atoms with van der Waals surface area (Å²) in [4.78, 5) is 37.2. The third-order valence-corrected chi connectivity index (χ3v) is 11.9. The number of carbonyl (C=O) groups is 3. The summed E-state index contributed by atoms with van der Waals surface area (Å²) in [6.07, 6.45) is 5.89. The normalized spacial score (nSPS) is 19.1. The van der Waals surface area contributed by atoms with Gasteiger partial charge in [-0.05, 0) is 43.1 Å². The van der Waals surface area contributed by atoms with Gasteiger partial charge in [0, 0.05) is 0 Å². The van der Waals surface area contributed by atoms with Crippen molar-refractivity contribution in [2.75, 3.05) is 6.73 Å². The van der Waals surface area contributed by atoms with Gasteiger partial charge in [0.15, 0.2) is 6.73 Å². The number of benzene rings is 2. The molecule has 0 unspecified atom stereocenters. The monoisotopic (exact) mass is 563 g/mol. The fourth-order valence-corrected chi connectivity index (χ4v) is 9.46. The first-order chi connectivity index (χ1) is 18.7. The predicted octanol–water partition coefficient (Wildman–Crippen LogP) is 5.05. The fraction of sp³-hybridized carbons (Fsp3) is 0.406. The molecule has 7 nitrogen and oxygen atoms in total. The largest absolute Gasteiger partial charge is 0.444 e. The highest BCUT2D eigenvalue weighted by Gasteiger charge is 2.51. The van der Waals surface area contributed by atoms with Gasteiger partial charge in [0.2, 0.25) is 0 Å². The Morgan fingerprint density at radius 1 is 0.850 bits per heavy atom. The van der Waals surface area contributed by atoms with Gasteiger partial charge in [-0.15, -0.1) is 0 Å². The molecule has 0 heterocycles. The topological polar surface area (TPSA) is 90.9 Å². The van der Waals surface area contributed by atoms with Crippen LogP contribution in [0.4, 0.5) is 4.79 Å². The maximum absolute atomic E-state index is 12.8. The van der Waals surface area contributed by atoms with Crippen LogP contribution < -0.4 is 15.7 Å². The lowest BCUT2D eigenvalue weighted by atomic mass is 9.77. The average molecular weight is 564 g/mol. The summed E-state index contributed by atoms with van der Waals surface area (Å²) in [6, 6.07) is 20.6. The van der Waals surface area contributed by atoms with E-state index in [0.717, 1.165) is 10.4 Å². The van der Waals surface area contributed by atoms with E-state index in [9.17, 15) is 14.4 Å².